The van der Waals surface area contributed by atoms with E-state index in [2.05, 4.69) is 10.2 Å². The Labute approximate surface area is 150 Å². The van der Waals surface area contributed by atoms with Crippen LogP contribution in [-0.4, -0.2) is 69.5 Å². The van der Waals surface area contributed by atoms with Gasteiger partial charge in [0.05, 0.1) is 11.5 Å². The van der Waals surface area contributed by atoms with Gasteiger partial charge in [-0.25, -0.2) is 0 Å². The van der Waals surface area contributed by atoms with Gasteiger partial charge in [-0.3, -0.25) is 9.08 Å². The second-order valence-corrected chi connectivity index (χ2v) is 8.22. The molecule has 0 radical (unpaired) electrons. The average Bonchev–Trinajstić information content (AvgIpc) is 2.56. The molecule has 0 bridgehead atoms. The number of benzene rings is 1. The highest BCUT2D eigenvalue weighted by Crippen LogP contribution is 2.24. The second-order valence-electron chi connectivity index (χ2n) is 6.60. The number of hydrogen-bond acceptors (Lipinski definition) is 7. The quantitative estimate of drug-likeness (QED) is 0.654. The first-order valence-electron chi connectivity index (χ1n) is 8.54. The fourth-order valence-electron chi connectivity index (χ4n) is 2.63. The maximum absolute atomic E-state index is 11.8. The molecule has 2 rings (SSSR count). The van der Waals surface area contributed by atoms with Crippen LogP contribution in [0.1, 0.15) is 20.8 Å². The van der Waals surface area contributed by atoms with Crippen molar-refractivity contribution >= 4 is 10.1 Å². The Morgan fingerprint density at radius 1 is 1.24 bits per heavy atom. The molecule has 25 heavy (non-hydrogen) atoms. The van der Waals surface area contributed by atoms with Crippen LogP contribution in [0.25, 0.3) is 0 Å². The third-order valence-corrected chi connectivity index (χ3v) is 5.61. The highest BCUT2D eigenvalue weighted by molar-refractivity contribution is 7.86. The maximum atomic E-state index is 11.8. The van der Waals surface area contributed by atoms with Gasteiger partial charge < -0.3 is 15.2 Å². The lowest BCUT2D eigenvalue weighted by Gasteiger charge is -2.36. The Hall–Kier alpha value is -1.19. The summed E-state index contributed by atoms with van der Waals surface area (Å²) in [6.07, 6.45) is -0.669. The van der Waals surface area contributed by atoms with Crippen LogP contribution in [-0.2, 0) is 14.3 Å². The van der Waals surface area contributed by atoms with Crippen molar-refractivity contribution in [3.8, 4) is 5.75 Å². The molecular weight excluding hydrogens is 344 g/mol. The van der Waals surface area contributed by atoms with Gasteiger partial charge in [-0.2, -0.15) is 8.42 Å². The van der Waals surface area contributed by atoms with Crippen LogP contribution in [0.5, 0.6) is 5.75 Å². The molecule has 0 aromatic heterocycles. The summed E-state index contributed by atoms with van der Waals surface area (Å²) in [5.74, 6) is 0.500. The number of rotatable bonds is 8. The molecule has 1 saturated heterocycles. The highest BCUT2D eigenvalue weighted by atomic mass is 32.2. The van der Waals surface area contributed by atoms with Crippen molar-refractivity contribution in [2.45, 2.75) is 37.4 Å². The first-order valence-corrected chi connectivity index (χ1v) is 9.95. The Bertz CT molecular complexity index is 640. The summed E-state index contributed by atoms with van der Waals surface area (Å²) in [4.78, 5) is 2.28. The molecule has 1 unspecified atom stereocenters. The van der Waals surface area contributed by atoms with Crippen LogP contribution in [0.15, 0.2) is 29.2 Å². The number of nitrogens with zero attached hydrogens (tertiary/aromatic N) is 1. The number of nitrogens with one attached hydrogen (secondary N) is 1. The molecule has 2 N–H and O–H groups in total. The molecule has 0 amide bonds. The van der Waals surface area contributed by atoms with Crippen molar-refractivity contribution in [2.24, 2.45) is 0 Å². The van der Waals surface area contributed by atoms with Crippen LogP contribution in [0, 0.1) is 0 Å². The molecule has 0 aliphatic carbocycles. The highest BCUT2D eigenvalue weighted by Gasteiger charge is 2.32. The van der Waals surface area contributed by atoms with E-state index in [1.165, 1.54) is 12.1 Å². The van der Waals surface area contributed by atoms with E-state index in [1.54, 1.807) is 19.1 Å². The van der Waals surface area contributed by atoms with E-state index in [-0.39, 0.29) is 11.5 Å². The van der Waals surface area contributed by atoms with Crippen molar-refractivity contribution < 1.29 is 22.4 Å². The smallest absolute Gasteiger partial charge is 0.296 e. The predicted molar refractivity (Wildman–Crippen MR) is 95.3 cm³/mol. The van der Waals surface area contributed by atoms with Crippen LogP contribution in [0.2, 0.25) is 0 Å². The van der Waals surface area contributed by atoms with E-state index in [4.69, 9.17) is 8.92 Å². The van der Waals surface area contributed by atoms with E-state index in [0.717, 1.165) is 26.2 Å². The van der Waals surface area contributed by atoms with Gasteiger partial charge in [-0.05, 0) is 45.0 Å². The Morgan fingerprint density at radius 3 is 2.40 bits per heavy atom. The van der Waals surface area contributed by atoms with Gasteiger partial charge in [0.1, 0.15) is 17.5 Å². The standard InChI is InChI=1S/C17H28N2O5S/c1-4-23-25(21,22)15-7-5-14(6-8-15)24-17(2,3)16(20)13-19-11-9-18-10-12-19/h5-8,16,18,20H,4,9-13H2,1-3H3. The molecule has 1 heterocycles. The zero-order chi connectivity index (χ0) is 18.5. The number of hydrogen-bond donors (Lipinski definition) is 2. The number of β-amino-alcohol motifs (C(OH)–C–C–N with tert-alkyl or cyclic N) is 1. The second kappa shape index (κ2) is 8.46. The zero-order valence-corrected chi connectivity index (χ0v) is 15.9. The van der Waals surface area contributed by atoms with Crippen LogP contribution in [0.4, 0.5) is 0 Å². The first kappa shape index (κ1) is 20.1. The molecule has 1 aliphatic rings. The topological polar surface area (TPSA) is 88.1 Å². The molecule has 8 heteroatoms. The summed E-state index contributed by atoms with van der Waals surface area (Å²) in [7, 11) is -3.72. The maximum Gasteiger partial charge on any atom is 0.296 e. The molecule has 1 atom stereocenters. The van der Waals surface area contributed by atoms with Gasteiger partial charge in [0.15, 0.2) is 0 Å². The lowest BCUT2D eigenvalue weighted by Crippen LogP contribution is -2.52. The van der Waals surface area contributed by atoms with E-state index >= 15 is 0 Å². The molecule has 1 aliphatic heterocycles. The van der Waals surface area contributed by atoms with Gasteiger partial charge in [0.25, 0.3) is 10.1 Å². The van der Waals surface area contributed by atoms with Crippen molar-refractivity contribution in [1.29, 1.82) is 0 Å². The largest absolute Gasteiger partial charge is 0.485 e. The number of ether oxygens (including phenoxy) is 1. The molecule has 7 nitrogen and oxygen atoms in total. The van der Waals surface area contributed by atoms with E-state index in [1.807, 2.05) is 13.8 Å². The monoisotopic (exact) mass is 372 g/mol. The molecule has 1 fully saturated rings. The average molecular weight is 372 g/mol. The van der Waals surface area contributed by atoms with Crippen molar-refractivity contribution in [3.63, 3.8) is 0 Å². The van der Waals surface area contributed by atoms with Gasteiger partial charge in [0.2, 0.25) is 0 Å². The minimum absolute atomic E-state index is 0.0841. The Balaban J connectivity index is 1.99. The molecule has 0 spiro atoms. The normalized spacial score (nSPS) is 18.1. The minimum Gasteiger partial charge on any atom is -0.485 e. The van der Waals surface area contributed by atoms with E-state index < -0.39 is 21.8 Å². The Morgan fingerprint density at radius 2 is 1.84 bits per heavy atom. The first-order chi connectivity index (χ1) is 11.7. The van der Waals surface area contributed by atoms with Gasteiger partial charge in [-0.1, -0.05) is 0 Å². The van der Waals surface area contributed by atoms with Gasteiger partial charge in [0, 0.05) is 32.7 Å². The summed E-state index contributed by atoms with van der Waals surface area (Å²) < 4.78 is 34.4. The molecular formula is C17H28N2O5S. The van der Waals surface area contributed by atoms with Crippen molar-refractivity contribution in [2.75, 3.05) is 39.3 Å². The number of aliphatic hydroxyl groups is 1. The molecule has 0 saturated carbocycles. The van der Waals surface area contributed by atoms with Crippen molar-refractivity contribution in [3.05, 3.63) is 24.3 Å². The van der Waals surface area contributed by atoms with E-state index in [9.17, 15) is 13.5 Å². The van der Waals surface area contributed by atoms with Crippen LogP contribution >= 0.6 is 0 Å². The van der Waals surface area contributed by atoms with Crippen molar-refractivity contribution in [1.82, 2.24) is 10.2 Å². The summed E-state index contributed by atoms with van der Waals surface area (Å²) >= 11 is 0. The zero-order valence-electron chi connectivity index (χ0n) is 15.1. The van der Waals surface area contributed by atoms with Gasteiger partial charge in [-0.15, -0.1) is 0 Å². The third kappa shape index (κ3) is 5.65. The molecule has 1 aromatic rings. The fraction of sp³-hybridized carbons (Fsp3) is 0.647. The fourth-order valence-corrected chi connectivity index (χ4v) is 3.54. The SMILES string of the molecule is CCOS(=O)(=O)c1ccc(OC(C)(C)C(O)CN2CCNCC2)cc1. The Kier molecular flexibility index (Phi) is 6.81. The van der Waals surface area contributed by atoms with Gasteiger partial charge >= 0.3 is 0 Å². The lowest BCUT2D eigenvalue weighted by molar-refractivity contribution is -0.0456. The summed E-state index contributed by atoms with van der Waals surface area (Å²) in [6, 6.07) is 6.04. The molecule has 142 valence electrons. The summed E-state index contributed by atoms with van der Waals surface area (Å²) in [5.41, 5.74) is -0.800. The summed E-state index contributed by atoms with van der Waals surface area (Å²) in [6.45, 7) is 9.53. The van der Waals surface area contributed by atoms with Crippen LogP contribution in [0.3, 0.4) is 0 Å². The third-order valence-electron chi connectivity index (χ3n) is 4.21. The lowest BCUT2D eigenvalue weighted by atomic mass is 10.0. The number of aliphatic hydroxyl groups excluding tert-OH is 1. The number of piperazine rings is 1. The molecule has 1 aromatic carbocycles. The van der Waals surface area contributed by atoms with E-state index in [0.29, 0.717) is 12.3 Å². The predicted octanol–water partition coefficient (Wildman–Crippen LogP) is 0.835. The minimum atomic E-state index is -3.72. The summed E-state index contributed by atoms with van der Waals surface area (Å²) in [5, 5.41) is 13.8. The van der Waals surface area contributed by atoms with Crippen LogP contribution < -0.4 is 10.1 Å².